The van der Waals surface area contributed by atoms with E-state index in [1.165, 1.54) is 25.7 Å². The second-order valence-corrected chi connectivity index (χ2v) is 5.39. The average Bonchev–Trinajstić information content (AvgIpc) is 2.98. The first-order valence-corrected chi connectivity index (χ1v) is 7.36. The number of hydrogen-bond acceptors (Lipinski definition) is 3. The van der Waals surface area contributed by atoms with E-state index in [1.54, 1.807) is 7.11 Å². The van der Waals surface area contributed by atoms with Crippen LogP contribution in [0.2, 0.25) is 0 Å². The highest BCUT2D eigenvalue weighted by atomic mass is 16.5. The molecule has 110 valence electrons. The van der Waals surface area contributed by atoms with Crippen LogP contribution in [-0.2, 0) is 4.79 Å². The Labute approximate surface area is 120 Å². The van der Waals surface area contributed by atoms with Crippen molar-refractivity contribution < 1.29 is 9.53 Å². The quantitative estimate of drug-likeness (QED) is 0.839. The van der Waals surface area contributed by atoms with Crippen molar-refractivity contribution in [2.75, 3.05) is 13.7 Å². The summed E-state index contributed by atoms with van der Waals surface area (Å²) in [5.74, 6) is 0.847. The Balaban J connectivity index is 1.83. The van der Waals surface area contributed by atoms with E-state index in [2.05, 4.69) is 10.6 Å². The number of carbonyl (C=O) groups excluding carboxylic acids is 1. The molecule has 0 saturated heterocycles. The highest BCUT2D eigenvalue weighted by Crippen LogP contribution is 2.24. The molecule has 4 heteroatoms. The minimum atomic E-state index is -0.0518. The fourth-order valence-corrected chi connectivity index (χ4v) is 2.76. The van der Waals surface area contributed by atoms with E-state index in [0.29, 0.717) is 12.6 Å². The fraction of sp³-hybridized carbons (Fsp3) is 0.562. The van der Waals surface area contributed by atoms with Crippen molar-refractivity contribution in [3.8, 4) is 5.75 Å². The van der Waals surface area contributed by atoms with Gasteiger partial charge in [-0.3, -0.25) is 4.79 Å². The lowest BCUT2D eigenvalue weighted by Crippen LogP contribution is -2.39. The van der Waals surface area contributed by atoms with E-state index in [1.807, 2.05) is 31.2 Å². The third kappa shape index (κ3) is 3.97. The summed E-state index contributed by atoms with van der Waals surface area (Å²) in [5, 5.41) is 6.34. The molecule has 0 aliphatic heterocycles. The molecule has 0 spiro atoms. The zero-order valence-corrected chi connectivity index (χ0v) is 12.3. The van der Waals surface area contributed by atoms with Crippen LogP contribution in [0.3, 0.4) is 0 Å². The molecule has 4 nitrogen and oxygen atoms in total. The van der Waals surface area contributed by atoms with Crippen LogP contribution >= 0.6 is 0 Å². The van der Waals surface area contributed by atoms with E-state index < -0.39 is 0 Å². The Kier molecular flexibility index (Phi) is 5.41. The number of methoxy groups -OCH3 is 1. The lowest BCUT2D eigenvalue weighted by Gasteiger charge is -2.18. The van der Waals surface area contributed by atoms with Gasteiger partial charge in [-0.05, 0) is 25.8 Å². The zero-order valence-electron chi connectivity index (χ0n) is 12.3. The van der Waals surface area contributed by atoms with Gasteiger partial charge < -0.3 is 15.4 Å². The molecular formula is C16H24N2O2. The van der Waals surface area contributed by atoms with E-state index >= 15 is 0 Å². The number of ether oxygens (including phenoxy) is 1. The van der Waals surface area contributed by atoms with Crippen LogP contribution in [-0.4, -0.2) is 25.6 Å². The Morgan fingerprint density at radius 2 is 2.05 bits per heavy atom. The second-order valence-electron chi connectivity index (χ2n) is 5.39. The average molecular weight is 276 g/mol. The van der Waals surface area contributed by atoms with Crippen LogP contribution in [0.25, 0.3) is 0 Å². The molecule has 2 rings (SSSR count). The number of amides is 1. The van der Waals surface area contributed by atoms with Gasteiger partial charge in [-0.25, -0.2) is 0 Å². The van der Waals surface area contributed by atoms with Crippen molar-refractivity contribution in [3.05, 3.63) is 29.8 Å². The zero-order chi connectivity index (χ0) is 14.4. The van der Waals surface area contributed by atoms with Gasteiger partial charge in [0.25, 0.3) is 0 Å². The van der Waals surface area contributed by atoms with Crippen LogP contribution in [0.1, 0.15) is 44.2 Å². The predicted molar refractivity (Wildman–Crippen MR) is 79.8 cm³/mol. The maximum Gasteiger partial charge on any atom is 0.234 e. The van der Waals surface area contributed by atoms with E-state index in [-0.39, 0.29) is 11.9 Å². The molecule has 0 unspecified atom stereocenters. The Hall–Kier alpha value is -1.55. The molecule has 1 aliphatic rings. The van der Waals surface area contributed by atoms with Crippen molar-refractivity contribution in [1.29, 1.82) is 0 Å². The number of benzene rings is 1. The molecule has 20 heavy (non-hydrogen) atoms. The lowest BCUT2D eigenvalue weighted by molar-refractivity contribution is -0.121. The molecule has 1 fully saturated rings. The molecule has 2 N–H and O–H groups in total. The van der Waals surface area contributed by atoms with Crippen LogP contribution < -0.4 is 15.4 Å². The van der Waals surface area contributed by atoms with Crippen molar-refractivity contribution >= 4 is 5.91 Å². The van der Waals surface area contributed by atoms with Gasteiger partial charge in [0, 0.05) is 11.6 Å². The summed E-state index contributed by atoms with van der Waals surface area (Å²) < 4.78 is 5.32. The molecule has 1 amide bonds. The third-order valence-corrected chi connectivity index (χ3v) is 3.89. The number of rotatable bonds is 6. The summed E-state index contributed by atoms with van der Waals surface area (Å²) in [6.07, 6.45) is 4.93. The van der Waals surface area contributed by atoms with Gasteiger partial charge in [0.15, 0.2) is 0 Å². The van der Waals surface area contributed by atoms with Gasteiger partial charge >= 0.3 is 0 Å². The molecule has 0 radical (unpaired) electrons. The molecular weight excluding hydrogens is 252 g/mol. The summed E-state index contributed by atoms with van der Waals surface area (Å²) >= 11 is 0. The van der Waals surface area contributed by atoms with Gasteiger partial charge in [-0.15, -0.1) is 0 Å². The second kappa shape index (κ2) is 7.29. The number of carbonyl (C=O) groups is 1. The molecule has 0 bridgehead atoms. The van der Waals surface area contributed by atoms with Crippen molar-refractivity contribution in [2.24, 2.45) is 0 Å². The molecule has 1 saturated carbocycles. The SMILES string of the molecule is COc1ccccc1[C@H](C)NC(=O)CNC1CCCC1. The van der Waals surface area contributed by atoms with Gasteiger partial charge in [-0.1, -0.05) is 31.0 Å². The first-order valence-electron chi connectivity index (χ1n) is 7.36. The summed E-state index contributed by atoms with van der Waals surface area (Å²) in [6.45, 7) is 2.37. The standard InChI is InChI=1S/C16H24N2O2/c1-12(14-9-5-6-10-15(14)20-2)18-16(19)11-17-13-7-3-4-8-13/h5-6,9-10,12-13,17H,3-4,7-8,11H2,1-2H3,(H,18,19)/t12-/m0/s1. The molecule has 1 aromatic carbocycles. The maximum absolute atomic E-state index is 12.0. The first kappa shape index (κ1) is 14.9. The number of para-hydroxylation sites is 1. The van der Waals surface area contributed by atoms with E-state index in [9.17, 15) is 4.79 Å². The lowest BCUT2D eigenvalue weighted by atomic mass is 10.1. The van der Waals surface area contributed by atoms with Gasteiger partial charge in [0.1, 0.15) is 5.75 Å². The first-order chi connectivity index (χ1) is 9.70. The maximum atomic E-state index is 12.0. The van der Waals surface area contributed by atoms with Crippen LogP contribution in [0.15, 0.2) is 24.3 Å². The fourth-order valence-electron chi connectivity index (χ4n) is 2.76. The summed E-state index contributed by atoms with van der Waals surface area (Å²) in [6, 6.07) is 8.24. The normalized spacial score (nSPS) is 16.9. The topological polar surface area (TPSA) is 50.4 Å². The molecule has 1 aromatic rings. The molecule has 1 atom stereocenters. The van der Waals surface area contributed by atoms with Crippen LogP contribution in [0.4, 0.5) is 0 Å². The monoisotopic (exact) mass is 276 g/mol. The van der Waals surface area contributed by atoms with Crippen LogP contribution in [0, 0.1) is 0 Å². The molecule has 0 heterocycles. The largest absolute Gasteiger partial charge is 0.496 e. The third-order valence-electron chi connectivity index (χ3n) is 3.89. The van der Waals surface area contributed by atoms with Crippen molar-refractivity contribution in [1.82, 2.24) is 10.6 Å². The van der Waals surface area contributed by atoms with Gasteiger partial charge in [-0.2, -0.15) is 0 Å². The minimum absolute atomic E-state index is 0.0373. The molecule has 1 aliphatic carbocycles. The number of nitrogens with one attached hydrogen (secondary N) is 2. The Morgan fingerprint density at radius 3 is 2.75 bits per heavy atom. The highest BCUT2D eigenvalue weighted by Gasteiger charge is 2.17. The molecule has 0 aromatic heterocycles. The predicted octanol–water partition coefficient (Wildman–Crippen LogP) is 2.40. The summed E-state index contributed by atoms with van der Waals surface area (Å²) in [4.78, 5) is 12.0. The van der Waals surface area contributed by atoms with Crippen molar-refractivity contribution in [2.45, 2.75) is 44.7 Å². The van der Waals surface area contributed by atoms with E-state index in [4.69, 9.17) is 4.74 Å². The highest BCUT2D eigenvalue weighted by molar-refractivity contribution is 5.78. The smallest absolute Gasteiger partial charge is 0.234 e. The Morgan fingerprint density at radius 1 is 1.35 bits per heavy atom. The minimum Gasteiger partial charge on any atom is -0.496 e. The van der Waals surface area contributed by atoms with Gasteiger partial charge in [0.05, 0.1) is 19.7 Å². The van der Waals surface area contributed by atoms with Crippen LogP contribution in [0.5, 0.6) is 5.75 Å². The summed E-state index contributed by atoms with van der Waals surface area (Å²) in [7, 11) is 1.65. The van der Waals surface area contributed by atoms with Crippen molar-refractivity contribution in [3.63, 3.8) is 0 Å². The Bertz CT molecular complexity index is 442. The summed E-state index contributed by atoms with van der Waals surface area (Å²) in [5.41, 5.74) is 1.00. The van der Waals surface area contributed by atoms with Gasteiger partial charge in [0.2, 0.25) is 5.91 Å². The van der Waals surface area contributed by atoms with E-state index in [0.717, 1.165) is 11.3 Å². The number of hydrogen-bond donors (Lipinski definition) is 2.